The van der Waals surface area contributed by atoms with Gasteiger partial charge >= 0.3 is 5.97 Å². The van der Waals surface area contributed by atoms with Crippen LogP contribution in [-0.2, 0) is 9.53 Å². The number of hydrogen-bond donors (Lipinski definition) is 2. The van der Waals surface area contributed by atoms with Gasteiger partial charge in [0.15, 0.2) is 0 Å². The molecule has 2 heterocycles. The molecule has 0 radical (unpaired) electrons. The molecule has 1 aromatic carbocycles. The Morgan fingerprint density at radius 2 is 2.17 bits per heavy atom. The third-order valence-electron chi connectivity index (χ3n) is 5.46. The number of aliphatic imine (C=N–C) groups is 1. The van der Waals surface area contributed by atoms with Gasteiger partial charge in [0, 0.05) is 31.8 Å². The van der Waals surface area contributed by atoms with E-state index in [1.54, 1.807) is 18.2 Å². The Morgan fingerprint density at radius 3 is 2.83 bits per heavy atom. The van der Waals surface area contributed by atoms with Crippen molar-refractivity contribution in [3.05, 3.63) is 40.6 Å². The van der Waals surface area contributed by atoms with Gasteiger partial charge < -0.3 is 20.1 Å². The van der Waals surface area contributed by atoms with Crippen molar-refractivity contribution in [1.82, 2.24) is 5.32 Å². The topological polar surface area (TPSA) is 91.2 Å². The lowest BCUT2D eigenvalue weighted by Crippen LogP contribution is -2.56. The van der Waals surface area contributed by atoms with Gasteiger partial charge in [-0.3, -0.25) is 4.79 Å². The summed E-state index contributed by atoms with van der Waals surface area (Å²) in [5.74, 6) is -1.15. The largest absolute Gasteiger partial charge is 0.478 e. The molecule has 1 amide bonds. The number of carbonyl (C=O) groups is 2. The number of piperidine rings is 1. The number of hydrogen-bond acceptors (Lipinski definition) is 5. The molecular formula is C22H28ClN3O4. The van der Waals surface area contributed by atoms with Crippen LogP contribution < -0.4 is 10.2 Å². The predicted octanol–water partition coefficient (Wildman–Crippen LogP) is 3.58. The van der Waals surface area contributed by atoms with Gasteiger partial charge in [0.05, 0.1) is 17.7 Å². The molecule has 1 aromatic rings. The minimum atomic E-state index is -0.950. The summed E-state index contributed by atoms with van der Waals surface area (Å²) in [6, 6.07) is 6.75. The van der Waals surface area contributed by atoms with Crippen molar-refractivity contribution in [2.45, 2.75) is 51.7 Å². The van der Waals surface area contributed by atoms with E-state index in [2.05, 4.69) is 15.2 Å². The van der Waals surface area contributed by atoms with E-state index in [0.717, 1.165) is 24.1 Å². The van der Waals surface area contributed by atoms with E-state index in [1.807, 2.05) is 19.9 Å². The van der Waals surface area contributed by atoms with Crippen molar-refractivity contribution in [3.8, 4) is 0 Å². The van der Waals surface area contributed by atoms with Crippen LogP contribution in [0.3, 0.4) is 0 Å². The standard InChI is InChI=1S/C22H28ClN3O4/c1-3-10-30-19-13-26(16-7-5-6-15(11-16)22(28)29)9-8-17(19)25-21(27)18-12-14(4-2)20(23)24-18/h5-7,11,17,19H,3-4,8-10,12-13H2,1-2H3,(H,25,27)(H,28,29)/t17-,19+/m1/s1. The number of anilines is 1. The van der Waals surface area contributed by atoms with E-state index in [0.29, 0.717) is 43.4 Å². The fourth-order valence-corrected chi connectivity index (χ4v) is 4.06. The van der Waals surface area contributed by atoms with Crippen molar-refractivity contribution >= 4 is 34.9 Å². The van der Waals surface area contributed by atoms with Crippen LogP contribution in [0.15, 0.2) is 40.0 Å². The Labute approximate surface area is 181 Å². The summed E-state index contributed by atoms with van der Waals surface area (Å²) in [6.07, 6.45) is 2.62. The number of allylic oxidation sites excluding steroid dienone is 1. The third-order valence-corrected chi connectivity index (χ3v) is 5.82. The van der Waals surface area contributed by atoms with Crippen molar-refractivity contribution in [1.29, 1.82) is 0 Å². The van der Waals surface area contributed by atoms with Gasteiger partial charge in [-0.15, -0.1) is 0 Å². The van der Waals surface area contributed by atoms with E-state index in [1.165, 1.54) is 0 Å². The average molecular weight is 434 g/mol. The first kappa shape index (κ1) is 22.3. The second-order valence-corrected chi connectivity index (χ2v) is 7.92. The van der Waals surface area contributed by atoms with Crippen molar-refractivity contribution < 1.29 is 19.4 Å². The van der Waals surface area contributed by atoms with Crippen molar-refractivity contribution in [3.63, 3.8) is 0 Å². The zero-order valence-corrected chi connectivity index (χ0v) is 18.1. The number of nitrogens with zero attached hydrogens (tertiary/aromatic N) is 2. The summed E-state index contributed by atoms with van der Waals surface area (Å²) < 4.78 is 6.05. The highest BCUT2D eigenvalue weighted by atomic mass is 35.5. The first-order valence-corrected chi connectivity index (χ1v) is 10.8. The van der Waals surface area contributed by atoms with Gasteiger partial charge in [0.25, 0.3) is 5.91 Å². The van der Waals surface area contributed by atoms with Crippen LogP contribution in [0.1, 0.15) is 49.9 Å². The Morgan fingerprint density at radius 1 is 1.37 bits per heavy atom. The molecule has 1 fully saturated rings. The summed E-state index contributed by atoms with van der Waals surface area (Å²) in [5, 5.41) is 12.8. The van der Waals surface area contributed by atoms with E-state index >= 15 is 0 Å². The second kappa shape index (κ2) is 10.1. The zero-order chi connectivity index (χ0) is 21.7. The van der Waals surface area contributed by atoms with Crippen LogP contribution in [0.2, 0.25) is 0 Å². The lowest BCUT2D eigenvalue weighted by Gasteiger charge is -2.40. The number of halogens is 1. The Kier molecular flexibility index (Phi) is 7.50. The minimum Gasteiger partial charge on any atom is -0.478 e. The maximum absolute atomic E-state index is 12.7. The molecule has 0 bridgehead atoms. The average Bonchev–Trinajstić information content (AvgIpc) is 3.14. The molecule has 0 saturated carbocycles. The highest BCUT2D eigenvalue weighted by molar-refractivity contribution is 6.43. The van der Waals surface area contributed by atoms with E-state index < -0.39 is 5.97 Å². The Balaban J connectivity index is 1.68. The fraction of sp³-hybridized carbons (Fsp3) is 0.500. The van der Waals surface area contributed by atoms with Gasteiger partial charge in [0.2, 0.25) is 0 Å². The number of carboxylic acids is 1. The molecule has 0 spiro atoms. The fourth-order valence-electron chi connectivity index (χ4n) is 3.76. The maximum atomic E-state index is 12.7. The summed E-state index contributed by atoms with van der Waals surface area (Å²) in [6.45, 7) is 5.88. The molecule has 2 aliphatic heterocycles. The van der Waals surface area contributed by atoms with Crippen LogP contribution in [0, 0.1) is 0 Å². The number of ether oxygens (including phenoxy) is 1. The molecule has 30 heavy (non-hydrogen) atoms. The van der Waals surface area contributed by atoms with E-state index in [-0.39, 0.29) is 23.6 Å². The second-order valence-electron chi connectivity index (χ2n) is 7.56. The SMILES string of the molecule is CCCO[C@H]1CN(c2cccc(C(=O)O)c2)CC[C@H]1NC(=O)C1=NC(Cl)=C(CC)C1. The third kappa shape index (κ3) is 5.21. The normalized spacial score (nSPS) is 21.6. The summed E-state index contributed by atoms with van der Waals surface area (Å²) in [5.41, 5.74) is 2.52. The number of benzene rings is 1. The quantitative estimate of drug-likeness (QED) is 0.611. The molecule has 3 rings (SSSR count). The first-order chi connectivity index (χ1) is 14.4. The zero-order valence-electron chi connectivity index (χ0n) is 17.4. The van der Waals surface area contributed by atoms with Crippen LogP contribution in [-0.4, -0.2) is 54.5 Å². The smallest absolute Gasteiger partial charge is 0.335 e. The number of aromatic carboxylic acids is 1. The van der Waals surface area contributed by atoms with E-state index in [9.17, 15) is 14.7 Å². The predicted molar refractivity (Wildman–Crippen MR) is 117 cm³/mol. The number of carbonyl (C=O) groups excluding carboxylic acids is 1. The lowest BCUT2D eigenvalue weighted by atomic mass is 9.99. The van der Waals surface area contributed by atoms with Crippen molar-refractivity contribution in [2.75, 3.05) is 24.6 Å². The van der Waals surface area contributed by atoms with Crippen molar-refractivity contribution in [2.24, 2.45) is 4.99 Å². The molecule has 1 saturated heterocycles. The molecule has 0 aromatic heterocycles. The number of amides is 1. The molecule has 162 valence electrons. The Bertz CT molecular complexity index is 868. The molecular weight excluding hydrogens is 406 g/mol. The molecule has 0 unspecified atom stereocenters. The van der Waals surface area contributed by atoms with Gasteiger partial charge in [-0.05, 0) is 43.0 Å². The number of rotatable bonds is 8. The Hall–Kier alpha value is -2.38. The molecule has 0 aliphatic carbocycles. The molecule has 2 aliphatic rings. The van der Waals surface area contributed by atoms with Gasteiger partial charge in [-0.25, -0.2) is 9.79 Å². The summed E-state index contributed by atoms with van der Waals surface area (Å²) in [7, 11) is 0. The highest BCUT2D eigenvalue weighted by Crippen LogP contribution is 2.26. The number of nitrogens with one attached hydrogen (secondary N) is 1. The van der Waals surface area contributed by atoms with Crippen LogP contribution in [0.4, 0.5) is 5.69 Å². The molecule has 7 nitrogen and oxygen atoms in total. The summed E-state index contributed by atoms with van der Waals surface area (Å²) in [4.78, 5) is 30.4. The minimum absolute atomic E-state index is 0.143. The van der Waals surface area contributed by atoms with Gasteiger partial charge in [-0.2, -0.15) is 0 Å². The molecule has 8 heteroatoms. The van der Waals surface area contributed by atoms with Gasteiger partial charge in [0.1, 0.15) is 10.9 Å². The van der Waals surface area contributed by atoms with Crippen LogP contribution >= 0.6 is 11.6 Å². The monoisotopic (exact) mass is 433 g/mol. The lowest BCUT2D eigenvalue weighted by molar-refractivity contribution is -0.117. The first-order valence-electron chi connectivity index (χ1n) is 10.4. The number of carboxylic acid groups (broad SMARTS) is 1. The summed E-state index contributed by atoms with van der Waals surface area (Å²) >= 11 is 6.12. The van der Waals surface area contributed by atoms with E-state index in [4.69, 9.17) is 16.3 Å². The highest BCUT2D eigenvalue weighted by Gasteiger charge is 2.33. The molecule has 2 atom stereocenters. The van der Waals surface area contributed by atoms with Crippen LogP contribution in [0.25, 0.3) is 0 Å². The van der Waals surface area contributed by atoms with Crippen LogP contribution in [0.5, 0.6) is 0 Å². The van der Waals surface area contributed by atoms with Gasteiger partial charge in [-0.1, -0.05) is 31.5 Å². The molecule has 2 N–H and O–H groups in total. The maximum Gasteiger partial charge on any atom is 0.335 e.